The molecule has 2 aliphatic rings. The molecule has 1 aliphatic heterocycles. The first kappa shape index (κ1) is 13.1. The van der Waals surface area contributed by atoms with Gasteiger partial charge in [-0.15, -0.1) is 0 Å². The largest absolute Gasteiger partial charge is 0.348 e. The number of hydrogen-bond acceptors (Lipinski definition) is 4. The second kappa shape index (κ2) is 5.23. The molecule has 1 spiro atoms. The van der Waals surface area contributed by atoms with E-state index in [-0.39, 0.29) is 11.7 Å². The van der Waals surface area contributed by atoms with Crippen molar-refractivity contribution in [1.82, 2.24) is 4.90 Å². The van der Waals surface area contributed by atoms with Crippen LogP contribution in [0.1, 0.15) is 36.0 Å². The minimum Gasteiger partial charge on any atom is -0.348 e. The van der Waals surface area contributed by atoms with Gasteiger partial charge in [0.1, 0.15) is 0 Å². The molecule has 1 amide bonds. The molecule has 3 rings (SSSR count). The fourth-order valence-electron chi connectivity index (χ4n) is 2.97. The topological polar surface area (TPSA) is 38.8 Å². The highest BCUT2D eigenvalue weighted by Crippen LogP contribution is 2.37. The Hall–Kier alpha value is -0.910. The van der Waals surface area contributed by atoms with Gasteiger partial charge in [0.25, 0.3) is 5.91 Å². The van der Waals surface area contributed by atoms with Gasteiger partial charge in [-0.1, -0.05) is 0 Å². The van der Waals surface area contributed by atoms with E-state index in [9.17, 15) is 4.79 Å². The van der Waals surface area contributed by atoms with Crippen LogP contribution >= 0.6 is 11.3 Å². The summed E-state index contributed by atoms with van der Waals surface area (Å²) in [6.45, 7) is 1.41. The molecule has 2 heterocycles. The lowest BCUT2D eigenvalue weighted by Crippen LogP contribution is -2.44. The summed E-state index contributed by atoms with van der Waals surface area (Å²) >= 11 is 1.56. The number of ether oxygens (including phenoxy) is 2. The van der Waals surface area contributed by atoms with E-state index in [4.69, 9.17) is 9.47 Å². The Morgan fingerprint density at radius 2 is 2.05 bits per heavy atom. The van der Waals surface area contributed by atoms with Crippen molar-refractivity contribution in [3.05, 3.63) is 22.4 Å². The molecule has 1 aromatic rings. The lowest BCUT2D eigenvalue weighted by Gasteiger charge is -2.39. The van der Waals surface area contributed by atoms with Crippen LogP contribution in [-0.2, 0) is 9.47 Å². The Bertz CT molecular complexity index is 430. The Balaban J connectivity index is 1.60. The summed E-state index contributed by atoms with van der Waals surface area (Å²) in [5, 5.41) is 3.85. The third kappa shape index (κ3) is 2.55. The van der Waals surface area contributed by atoms with Gasteiger partial charge in [0.05, 0.1) is 18.8 Å². The van der Waals surface area contributed by atoms with Crippen molar-refractivity contribution in [2.24, 2.45) is 0 Å². The fourth-order valence-corrected chi connectivity index (χ4v) is 3.60. The molecule has 0 atom stereocenters. The van der Waals surface area contributed by atoms with Crippen LogP contribution in [0.15, 0.2) is 16.8 Å². The SMILES string of the molecule is CN(C(=O)c1ccsc1)C1CCC2(CC1)OCCO2. The van der Waals surface area contributed by atoms with Gasteiger partial charge in [0.15, 0.2) is 5.79 Å². The minimum atomic E-state index is -0.344. The first-order valence-electron chi connectivity index (χ1n) is 6.77. The first-order valence-corrected chi connectivity index (χ1v) is 7.72. The van der Waals surface area contributed by atoms with Crippen LogP contribution in [0.3, 0.4) is 0 Å². The zero-order valence-electron chi connectivity index (χ0n) is 11.1. The quantitative estimate of drug-likeness (QED) is 0.836. The molecule has 0 unspecified atom stereocenters. The predicted molar refractivity (Wildman–Crippen MR) is 73.3 cm³/mol. The summed E-state index contributed by atoms with van der Waals surface area (Å²) in [7, 11) is 1.90. The summed E-state index contributed by atoms with van der Waals surface area (Å²) in [6.07, 6.45) is 3.68. The number of carbonyl (C=O) groups excluding carboxylic acids is 1. The molecule has 0 radical (unpaired) electrons. The van der Waals surface area contributed by atoms with E-state index in [2.05, 4.69) is 0 Å². The zero-order valence-corrected chi connectivity index (χ0v) is 11.9. The molecule has 1 aliphatic carbocycles. The Morgan fingerprint density at radius 1 is 1.37 bits per heavy atom. The molecule has 1 saturated carbocycles. The van der Waals surface area contributed by atoms with Crippen LogP contribution in [0.4, 0.5) is 0 Å². The van der Waals surface area contributed by atoms with Crippen molar-refractivity contribution in [3.63, 3.8) is 0 Å². The molecule has 4 nitrogen and oxygen atoms in total. The second-order valence-corrected chi connectivity index (χ2v) is 6.05. The molecule has 104 valence electrons. The van der Waals surface area contributed by atoms with Gasteiger partial charge in [-0.05, 0) is 24.3 Å². The number of carbonyl (C=O) groups is 1. The molecule has 0 aromatic carbocycles. The first-order chi connectivity index (χ1) is 9.20. The average Bonchev–Trinajstić information content (AvgIpc) is 3.10. The van der Waals surface area contributed by atoms with Crippen molar-refractivity contribution in [2.45, 2.75) is 37.5 Å². The standard InChI is InChI=1S/C14H19NO3S/c1-15(13(16)11-4-9-19-10-11)12-2-5-14(6-3-12)17-7-8-18-14/h4,9-10,12H,2-3,5-8H2,1H3. The molecule has 0 bridgehead atoms. The number of thiophene rings is 1. The van der Waals surface area contributed by atoms with Crippen LogP contribution in [-0.4, -0.2) is 42.9 Å². The molecule has 5 heteroatoms. The van der Waals surface area contributed by atoms with Gasteiger partial charge < -0.3 is 14.4 Å². The molecule has 1 aromatic heterocycles. The molecule has 0 N–H and O–H groups in total. The van der Waals surface area contributed by atoms with E-state index >= 15 is 0 Å². The minimum absolute atomic E-state index is 0.121. The van der Waals surface area contributed by atoms with Gasteiger partial charge in [-0.25, -0.2) is 0 Å². The van der Waals surface area contributed by atoms with E-state index in [1.165, 1.54) is 0 Å². The van der Waals surface area contributed by atoms with Crippen LogP contribution < -0.4 is 0 Å². The van der Waals surface area contributed by atoms with E-state index in [0.29, 0.717) is 19.3 Å². The van der Waals surface area contributed by atoms with Gasteiger partial charge in [0.2, 0.25) is 0 Å². The summed E-state index contributed by atoms with van der Waals surface area (Å²) in [4.78, 5) is 14.2. The summed E-state index contributed by atoms with van der Waals surface area (Å²) < 4.78 is 11.4. The number of hydrogen-bond donors (Lipinski definition) is 0. The zero-order chi connectivity index (χ0) is 13.3. The fraction of sp³-hybridized carbons (Fsp3) is 0.643. The van der Waals surface area contributed by atoms with E-state index < -0.39 is 0 Å². The lowest BCUT2D eigenvalue weighted by molar-refractivity contribution is -0.182. The highest BCUT2D eigenvalue weighted by Gasteiger charge is 2.41. The highest BCUT2D eigenvalue weighted by molar-refractivity contribution is 7.08. The third-order valence-corrected chi connectivity index (χ3v) is 4.85. The second-order valence-electron chi connectivity index (χ2n) is 5.27. The Labute approximate surface area is 117 Å². The predicted octanol–water partition coefficient (Wildman–Crippen LogP) is 2.51. The summed E-state index contributed by atoms with van der Waals surface area (Å²) in [5.41, 5.74) is 0.793. The van der Waals surface area contributed by atoms with Crippen LogP contribution in [0.2, 0.25) is 0 Å². The van der Waals surface area contributed by atoms with Gasteiger partial charge in [0, 0.05) is 31.3 Å². The van der Waals surface area contributed by atoms with Gasteiger partial charge >= 0.3 is 0 Å². The third-order valence-electron chi connectivity index (χ3n) is 4.17. The van der Waals surface area contributed by atoms with Crippen molar-refractivity contribution < 1.29 is 14.3 Å². The average molecular weight is 281 g/mol. The van der Waals surface area contributed by atoms with Crippen molar-refractivity contribution >= 4 is 17.2 Å². The molecular formula is C14H19NO3S. The normalized spacial score (nSPS) is 22.8. The van der Waals surface area contributed by atoms with E-state index in [1.54, 1.807) is 11.3 Å². The van der Waals surface area contributed by atoms with E-state index in [1.807, 2.05) is 28.8 Å². The molecule has 2 fully saturated rings. The Morgan fingerprint density at radius 3 is 2.63 bits per heavy atom. The van der Waals surface area contributed by atoms with Gasteiger partial charge in [-0.3, -0.25) is 4.79 Å². The highest BCUT2D eigenvalue weighted by atomic mass is 32.1. The molecule has 19 heavy (non-hydrogen) atoms. The number of amides is 1. The monoisotopic (exact) mass is 281 g/mol. The number of rotatable bonds is 2. The molecule has 1 saturated heterocycles. The molecular weight excluding hydrogens is 262 g/mol. The summed E-state index contributed by atoms with van der Waals surface area (Å²) in [6, 6.07) is 2.18. The van der Waals surface area contributed by atoms with E-state index in [0.717, 1.165) is 31.2 Å². The van der Waals surface area contributed by atoms with Crippen LogP contribution in [0.5, 0.6) is 0 Å². The maximum absolute atomic E-state index is 12.3. The smallest absolute Gasteiger partial charge is 0.254 e. The Kier molecular flexibility index (Phi) is 3.60. The van der Waals surface area contributed by atoms with Crippen LogP contribution in [0.25, 0.3) is 0 Å². The summed E-state index contributed by atoms with van der Waals surface area (Å²) in [5.74, 6) is -0.224. The number of nitrogens with zero attached hydrogens (tertiary/aromatic N) is 1. The van der Waals surface area contributed by atoms with Gasteiger partial charge in [-0.2, -0.15) is 11.3 Å². The van der Waals surface area contributed by atoms with Crippen molar-refractivity contribution in [1.29, 1.82) is 0 Å². The maximum atomic E-state index is 12.3. The van der Waals surface area contributed by atoms with Crippen molar-refractivity contribution in [3.8, 4) is 0 Å². The van der Waals surface area contributed by atoms with Crippen LogP contribution in [0, 0.1) is 0 Å². The van der Waals surface area contributed by atoms with Crippen molar-refractivity contribution in [2.75, 3.05) is 20.3 Å². The lowest BCUT2D eigenvalue weighted by atomic mass is 9.89. The maximum Gasteiger partial charge on any atom is 0.254 e.